The second-order valence-electron chi connectivity index (χ2n) is 14.7. The van der Waals surface area contributed by atoms with Gasteiger partial charge in [0, 0.05) is 42.4 Å². The van der Waals surface area contributed by atoms with Gasteiger partial charge in [-0.2, -0.15) is 0 Å². The molecule has 2 heterocycles. The van der Waals surface area contributed by atoms with Crippen LogP contribution in [0.4, 0.5) is 0 Å². The minimum Gasteiger partial charge on any atom is -0.456 e. The van der Waals surface area contributed by atoms with Gasteiger partial charge < -0.3 is 34.3 Å². The number of ether oxygens (including phenoxy) is 4. The van der Waals surface area contributed by atoms with E-state index >= 15 is 0 Å². The van der Waals surface area contributed by atoms with Crippen LogP contribution in [0.15, 0.2) is 59.0 Å². The second-order valence-corrected chi connectivity index (χ2v) is 15.7. The lowest BCUT2D eigenvalue weighted by Gasteiger charge is -2.67. The molecule has 10 atom stereocenters. The minimum atomic E-state index is -2.06. The average Bonchev–Trinajstić information content (AvgIpc) is 3.60. The third kappa shape index (κ3) is 5.38. The van der Waals surface area contributed by atoms with Gasteiger partial charge in [-0.3, -0.25) is 9.59 Å². The van der Waals surface area contributed by atoms with Crippen LogP contribution in [0.2, 0.25) is 0 Å². The van der Waals surface area contributed by atoms with Crippen molar-refractivity contribution in [2.45, 2.75) is 108 Å². The quantitative estimate of drug-likeness (QED) is 0.219. The Hall–Kier alpha value is -3.42. The molecule has 6 rings (SSSR count). The summed E-state index contributed by atoms with van der Waals surface area (Å²) in [5.74, 6) is -4.63. The number of hydrogen-bond donors (Lipinski definition) is 3. The van der Waals surface area contributed by atoms with E-state index in [0.29, 0.717) is 11.1 Å². The van der Waals surface area contributed by atoms with Crippen LogP contribution in [-0.4, -0.2) is 87.3 Å². The fraction of sp³-hybridized carbons (Fsp3) is 0.568. The lowest BCUT2D eigenvalue weighted by atomic mass is 9.45. The molecular formula is C37H44O11S. The van der Waals surface area contributed by atoms with E-state index in [1.165, 1.54) is 18.3 Å². The van der Waals surface area contributed by atoms with Gasteiger partial charge in [0.2, 0.25) is 0 Å². The van der Waals surface area contributed by atoms with Gasteiger partial charge in [0.25, 0.3) is 0 Å². The summed E-state index contributed by atoms with van der Waals surface area (Å²) in [5.41, 5.74) is -5.36. The topological polar surface area (TPSA) is 166 Å². The van der Waals surface area contributed by atoms with Crippen molar-refractivity contribution in [3.05, 3.63) is 69.4 Å². The smallest absolute Gasteiger partial charge is 0.338 e. The highest BCUT2D eigenvalue weighted by atomic mass is 32.1. The first-order chi connectivity index (χ1) is 23.0. The maximum atomic E-state index is 14.7. The number of esters is 3. The van der Waals surface area contributed by atoms with Gasteiger partial charge in [-0.05, 0) is 43.0 Å². The number of aliphatic hydroxyl groups excluding tert-OH is 2. The Balaban J connectivity index is 1.51. The summed E-state index contributed by atoms with van der Waals surface area (Å²) in [4.78, 5) is 55.6. The molecule has 3 aliphatic carbocycles. The number of aliphatic hydroxyl groups is 3. The fourth-order valence-corrected chi connectivity index (χ4v) is 9.53. The first-order valence-electron chi connectivity index (χ1n) is 16.6. The summed E-state index contributed by atoms with van der Waals surface area (Å²) in [5, 5.41) is 37.8. The summed E-state index contributed by atoms with van der Waals surface area (Å²) >= 11 is 1.40. The Morgan fingerprint density at radius 3 is 2.35 bits per heavy atom. The molecule has 2 bridgehead atoms. The number of fused-ring (bicyclic) bond motifs is 5. The van der Waals surface area contributed by atoms with E-state index in [0.717, 1.165) is 4.88 Å². The van der Waals surface area contributed by atoms with Crippen LogP contribution in [-0.2, 0) is 33.3 Å². The highest BCUT2D eigenvalue weighted by molar-refractivity contribution is 7.10. The van der Waals surface area contributed by atoms with E-state index < -0.39 is 88.1 Å². The summed E-state index contributed by atoms with van der Waals surface area (Å²) in [6.07, 6.45) is -6.89. The molecule has 4 aliphatic rings. The third-order valence-electron chi connectivity index (χ3n) is 11.9. The molecule has 2 saturated carbocycles. The molecule has 0 spiro atoms. The number of thiophene rings is 1. The van der Waals surface area contributed by atoms with E-state index in [1.54, 1.807) is 65.0 Å². The van der Waals surface area contributed by atoms with Gasteiger partial charge in [-0.15, -0.1) is 11.3 Å². The van der Waals surface area contributed by atoms with Crippen molar-refractivity contribution in [1.82, 2.24) is 0 Å². The first kappa shape index (κ1) is 35.4. The van der Waals surface area contributed by atoms with Crippen LogP contribution in [0.25, 0.3) is 0 Å². The largest absolute Gasteiger partial charge is 0.456 e. The van der Waals surface area contributed by atoms with Crippen LogP contribution in [0.1, 0.15) is 82.0 Å². The number of hydrogen-bond acceptors (Lipinski definition) is 12. The van der Waals surface area contributed by atoms with Crippen molar-refractivity contribution >= 4 is 35.0 Å². The van der Waals surface area contributed by atoms with E-state index in [2.05, 4.69) is 0 Å². The zero-order valence-corrected chi connectivity index (χ0v) is 29.3. The molecule has 1 aromatic carbocycles. The van der Waals surface area contributed by atoms with Crippen LogP contribution >= 0.6 is 11.3 Å². The third-order valence-corrected chi connectivity index (χ3v) is 13.0. The molecule has 1 saturated heterocycles. The maximum Gasteiger partial charge on any atom is 0.338 e. The number of benzene rings is 1. The molecule has 11 nitrogen and oxygen atoms in total. The Kier molecular flexibility index (Phi) is 8.97. The number of rotatable bonds is 7. The van der Waals surface area contributed by atoms with Crippen LogP contribution in [0.5, 0.6) is 0 Å². The standard InChI is InChI=1S/C37H44O11S/c1-19-23-15-26(39)35(6)27(40)16-28-36(18-45-28,48-21(3)38)30(35)31(47-32(42)22-11-8-7-9-12-22)37(44,34(23,4)5)17-24(19)46-33(43)29(41)20(2)25-13-10-14-49-25/h7-14,20,24,27-31,40-41,44H,15-18H2,1-6H3/t20-,24?,27-,28+,29+,30-,31-,35+,36-,37+/m0/s1. The number of carbonyl (C=O) groups is 4. The summed E-state index contributed by atoms with van der Waals surface area (Å²) in [6.45, 7) is 9.55. The monoisotopic (exact) mass is 696 g/mol. The Morgan fingerprint density at radius 2 is 1.76 bits per heavy atom. The van der Waals surface area contributed by atoms with Crippen LogP contribution < -0.4 is 0 Å². The predicted molar refractivity (Wildman–Crippen MR) is 176 cm³/mol. The lowest BCUT2D eigenvalue weighted by Crippen LogP contribution is -2.80. The Bertz CT molecular complexity index is 1670. The minimum absolute atomic E-state index is 0.0220. The van der Waals surface area contributed by atoms with Crippen molar-refractivity contribution < 1.29 is 53.4 Å². The van der Waals surface area contributed by atoms with Crippen molar-refractivity contribution in [3.8, 4) is 0 Å². The Labute approximate surface area is 289 Å². The summed E-state index contributed by atoms with van der Waals surface area (Å²) in [7, 11) is 0. The SMILES string of the molecule is CC(=O)O[C@@]12CO[C@@H]1C[C@H](O)[C@@]1(C)C(=O)CC3=C(C)C(OC(=O)[C@H](O)[C@@H](C)c4cccs4)C[C@@](O)([C@@H](OC(=O)c4ccccc4)[C@H]21)C3(C)C. The summed E-state index contributed by atoms with van der Waals surface area (Å²) in [6, 6.07) is 11.8. The highest BCUT2D eigenvalue weighted by Gasteiger charge is 2.77. The van der Waals surface area contributed by atoms with E-state index in [1.807, 2.05) is 17.5 Å². The van der Waals surface area contributed by atoms with Crippen LogP contribution in [0.3, 0.4) is 0 Å². The van der Waals surface area contributed by atoms with Gasteiger partial charge in [0.1, 0.15) is 29.7 Å². The zero-order valence-electron chi connectivity index (χ0n) is 28.5. The second kappa shape index (κ2) is 12.4. The molecular weight excluding hydrogens is 652 g/mol. The molecule has 0 amide bonds. The van der Waals surface area contributed by atoms with Crippen molar-refractivity contribution in [1.29, 1.82) is 0 Å². The zero-order chi connectivity index (χ0) is 35.7. The first-order valence-corrected chi connectivity index (χ1v) is 17.5. The number of ketones is 1. The molecule has 49 heavy (non-hydrogen) atoms. The molecule has 264 valence electrons. The van der Waals surface area contributed by atoms with Gasteiger partial charge >= 0.3 is 17.9 Å². The molecule has 0 radical (unpaired) electrons. The molecule has 3 N–H and O–H groups in total. The molecule has 2 aromatic rings. The van der Waals surface area contributed by atoms with Gasteiger partial charge in [-0.1, -0.05) is 50.6 Å². The molecule has 1 unspecified atom stereocenters. The van der Waals surface area contributed by atoms with Gasteiger partial charge in [0.15, 0.2) is 11.7 Å². The normalized spacial score (nSPS) is 36.1. The molecule has 1 aliphatic heterocycles. The number of carbonyl (C=O) groups excluding carboxylic acids is 4. The molecule has 3 fully saturated rings. The van der Waals surface area contributed by atoms with Gasteiger partial charge in [-0.25, -0.2) is 9.59 Å². The summed E-state index contributed by atoms with van der Waals surface area (Å²) < 4.78 is 24.2. The molecule has 1 aromatic heterocycles. The Morgan fingerprint density at radius 1 is 1.06 bits per heavy atom. The fourth-order valence-electron chi connectivity index (χ4n) is 8.71. The average molecular weight is 697 g/mol. The highest BCUT2D eigenvalue weighted by Crippen LogP contribution is 2.64. The van der Waals surface area contributed by atoms with Gasteiger partial charge in [0.05, 0.1) is 29.6 Å². The maximum absolute atomic E-state index is 14.7. The number of Topliss-reactive ketones (excluding diaryl/α,β-unsaturated/α-hetero) is 1. The molecule has 12 heteroatoms. The van der Waals surface area contributed by atoms with Crippen molar-refractivity contribution in [2.75, 3.05) is 6.61 Å². The van der Waals surface area contributed by atoms with Crippen LogP contribution in [0, 0.1) is 16.7 Å². The van der Waals surface area contributed by atoms with E-state index in [-0.39, 0.29) is 31.4 Å². The van der Waals surface area contributed by atoms with E-state index in [9.17, 15) is 34.5 Å². The predicted octanol–water partition coefficient (Wildman–Crippen LogP) is 3.89. The van der Waals surface area contributed by atoms with E-state index in [4.69, 9.17) is 18.9 Å². The van der Waals surface area contributed by atoms with Crippen molar-refractivity contribution in [2.24, 2.45) is 16.7 Å². The lowest BCUT2D eigenvalue weighted by molar-refractivity contribution is -0.344. The van der Waals surface area contributed by atoms with Crippen molar-refractivity contribution in [3.63, 3.8) is 0 Å².